The van der Waals surface area contributed by atoms with E-state index in [2.05, 4.69) is 81.3 Å². The predicted molar refractivity (Wildman–Crippen MR) is 98.4 cm³/mol. The van der Waals surface area contributed by atoms with E-state index in [4.69, 9.17) is 0 Å². The normalized spacial score (nSPS) is 28.0. The molecule has 124 valence electrons. The van der Waals surface area contributed by atoms with Crippen molar-refractivity contribution < 1.29 is 0 Å². The second kappa shape index (κ2) is 5.74. The summed E-state index contributed by atoms with van der Waals surface area (Å²) in [6.45, 7) is 11.4. The molecule has 2 nitrogen and oxygen atoms in total. The Hall–Kier alpha value is -1.70. The molecule has 1 N–H and O–H groups in total. The standard InChI is InChI=1S/C21H30N2/c1-6-19(20(2,3)4)23-18-15-11-10-14-17(18)22-21(23,5)16-12-8-7-9-13-16/h6,8,10,12-14,22H,7,9,11,15H2,1-5H3/b19-6-. The summed E-state index contributed by atoms with van der Waals surface area (Å²) in [4.78, 5) is 2.58. The fourth-order valence-corrected chi connectivity index (χ4v) is 4.05. The van der Waals surface area contributed by atoms with Crippen LogP contribution in [-0.4, -0.2) is 10.6 Å². The maximum absolute atomic E-state index is 3.83. The summed E-state index contributed by atoms with van der Waals surface area (Å²) in [5.74, 6) is 0. The lowest BCUT2D eigenvalue weighted by Crippen LogP contribution is -2.52. The van der Waals surface area contributed by atoms with E-state index < -0.39 is 0 Å². The molecule has 0 radical (unpaired) electrons. The predicted octanol–water partition coefficient (Wildman–Crippen LogP) is 5.40. The molecule has 2 aliphatic carbocycles. The minimum absolute atomic E-state index is 0.111. The third-order valence-corrected chi connectivity index (χ3v) is 5.08. The molecule has 1 atom stereocenters. The number of rotatable bonds is 2. The highest BCUT2D eigenvalue weighted by atomic mass is 15.4. The maximum Gasteiger partial charge on any atom is 0.137 e. The summed E-state index contributed by atoms with van der Waals surface area (Å²) < 4.78 is 0. The van der Waals surface area contributed by atoms with Crippen LogP contribution in [0.25, 0.3) is 0 Å². The van der Waals surface area contributed by atoms with Crippen molar-refractivity contribution in [1.29, 1.82) is 0 Å². The highest BCUT2D eigenvalue weighted by Gasteiger charge is 2.46. The molecule has 3 aliphatic rings. The highest BCUT2D eigenvalue weighted by molar-refractivity contribution is 5.46. The Morgan fingerprint density at radius 3 is 2.52 bits per heavy atom. The average Bonchev–Trinajstić information content (AvgIpc) is 2.82. The third kappa shape index (κ3) is 2.69. The molecule has 0 amide bonds. The smallest absolute Gasteiger partial charge is 0.137 e. The van der Waals surface area contributed by atoms with Crippen LogP contribution in [0.2, 0.25) is 0 Å². The van der Waals surface area contributed by atoms with Gasteiger partial charge < -0.3 is 10.2 Å². The lowest BCUT2D eigenvalue weighted by atomic mass is 9.86. The number of nitrogens with one attached hydrogen (secondary N) is 1. The van der Waals surface area contributed by atoms with Crippen molar-refractivity contribution in [2.75, 3.05) is 0 Å². The van der Waals surface area contributed by atoms with Crippen LogP contribution in [0.15, 0.2) is 59.1 Å². The zero-order chi connectivity index (χ0) is 16.7. The van der Waals surface area contributed by atoms with Crippen LogP contribution >= 0.6 is 0 Å². The van der Waals surface area contributed by atoms with E-state index in [9.17, 15) is 0 Å². The Bertz CT molecular complexity index is 637. The van der Waals surface area contributed by atoms with Crippen LogP contribution in [-0.2, 0) is 0 Å². The van der Waals surface area contributed by atoms with Crippen molar-refractivity contribution in [3.63, 3.8) is 0 Å². The van der Waals surface area contributed by atoms with Crippen molar-refractivity contribution in [1.82, 2.24) is 10.2 Å². The quantitative estimate of drug-likeness (QED) is 0.735. The van der Waals surface area contributed by atoms with Gasteiger partial charge in [0.25, 0.3) is 0 Å². The second-order valence-corrected chi connectivity index (χ2v) is 7.90. The molecule has 0 aromatic carbocycles. The molecular weight excluding hydrogens is 280 g/mol. The minimum Gasteiger partial charge on any atom is -0.357 e. The Labute approximate surface area is 141 Å². The maximum atomic E-state index is 3.83. The summed E-state index contributed by atoms with van der Waals surface area (Å²) in [5.41, 5.74) is 5.44. The van der Waals surface area contributed by atoms with Gasteiger partial charge in [-0.25, -0.2) is 0 Å². The molecule has 1 heterocycles. The first-order valence-electron chi connectivity index (χ1n) is 8.90. The van der Waals surface area contributed by atoms with Gasteiger partial charge in [-0.2, -0.15) is 0 Å². The Morgan fingerprint density at radius 1 is 1.17 bits per heavy atom. The minimum atomic E-state index is -0.189. The summed E-state index contributed by atoms with van der Waals surface area (Å²) in [6, 6.07) is 0. The molecule has 1 aliphatic heterocycles. The van der Waals surface area contributed by atoms with Crippen molar-refractivity contribution in [3.05, 3.63) is 59.1 Å². The Kier molecular flexibility index (Phi) is 4.03. The van der Waals surface area contributed by atoms with Crippen molar-refractivity contribution >= 4 is 0 Å². The second-order valence-electron chi connectivity index (χ2n) is 7.90. The first-order valence-corrected chi connectivity index (χ1v) is 8.90. The van der Waals surface area contributed by atoms with E-state index in [1.54, 1.807) is 0 Å². The number of nitrogens with zero attached hydrogens (tertiary/aromatic N) is 1. The lowest BCUT2D eigenvalue weighted by molar-refractivity contribution is 0.191. The first kappa shape index (κ1) is 16.2. The molecule has 3 rings (SSSR count). The number of hydrogen-bond donors (Lipinski definition) is 1. The van der Waals surface area contributed by atoms with Gasteiger partial charge in [0, 0.05) is 16.8 Å². The zero-order valence-electron chi connectivity index (χ0n) is 15.2. The van der Waals surface area contributed by atoms with Crippen LogP contribution in [0.5, 0.6) is 0 Å². The molecule has 0 aromatic heterocycles. The van der Waals surface area contributed by atoms with Gasteiger partial charge >= 0.3 is 0 Å². The van der Waals surface area contributed by atoms with Gasteiger partial charge in [0.15, 0.2) is 0 Å². The fourth-order valence-electron chi connectivity index (χ4n) is 4.05. The molecule has 0 fully saturated rings. The number of allylic oxidation sites excluding steroid dienone is 7. The molecule has 0 bridgehead atoms. The van der Waals surface area contributed by atoms with Gasteiger partial charge in [0.2, 0.25) is 0 Å². The van der Waals surface area contributed by atoms with Gasteiger partial charge in [0.1, 0.15) is 5.66 Å². The van der Waals surface area contributed by atoms with Gasteiger partial charge in [-0.3, -0.25) is 0 Å². The van der Waals surface area contributed by atoms with E-state index in [0.717, 1.165) is 25.7 Å². The van der Waals surface area contributed by atoms with E-state index >= 15 is 0 Å². The van der Waals surface area contributed by atoms with E-state index in [-0.39, 0.29) is 11.1 Å². The van der Waals surface area contributed by atoms with Crippen molar-refractivity contribution in [3.8, 4) is 0 Å². The lowest BCUT2D eigenvalue weighted by Gasteiger charge is -2.45. The topological polar surface area (TPSA) is 15.3 Å². The first-order chi connectivity index (χ1) is 10.9. The van der Waals surface area contributed by atoms with E-state index in [1.807, 2.05) is 0 Å². The Morgan fingerprint density at radius 2 is 1.91 bits per heavy atom. The molecule has 0 saturated carbocycles. The van der Waals surface area contributed by atoms with E-state index in [1.165, 1.54) is 22.7 Å². The fraction of sp³-hybridized carbons (Fsp3) is 0.524. The SMILES string of the molecule is C/C=C(\N1C2=C(C=CCC2)NC1(C)C1=CCCC=C1)C(C)(C)C. The van der Waals surface area contributed by atoms with Crippen LogP contribution in [0.1, 0.15) is 60.3 Å². The molecule has 23 heavy (non-hydrogen) atoms. The molecule has 0 spiro atoms. The largest absolute Gasteiger partial charge is 0.357 e. The monoisotopic (exact) mass is 310 g/mol. The van der Waals surface area contributed by atoms with Gasteiger partial charge in [0.05, 0.1) is 5.70 Å². The van der Waals surface area contributed by atoms with Crippen LogP contribution in [0.4, 0.5) is 0 Å². The summed E-state index contributed by atoms with van der Waals surface area (Å²) >= 11 is 0. The zero-order valence-corrected chi connectivity index (χ0v) is 15.2. The summed E-state index contributed by atoms with van der Waals surface area (Å²) in [5, 5.41) is 3.83. The average molecular weight is 310 g/mol. The Balaban J connectivity index is 2.12. The molecule has 1 unspecified atom stereocenters. The van der Waals surface area contributed by atoms with Crippen molar-refractivity contribution in [2.45, 2.75) is 66.0 Å². The highest BCUT2D eigenvalue weighted by Crippen LogP contribution is 2.46. The van der Waals surface area contributed by atoms with Crippen LogP contribution in [0.3, 0.4) is 0 Å². The van der Waals surface area contributed by atoms with Crippen molar-refractivity contribution in [2.24, 2.45) is 5.41 Å². The molecular formula is C21H30N2. The van der Waals surface area contributed by atoms with Gasteiger partial charge in [-0.15, -0.1) is 0 Å². The third-order valence-electron chi connectivity index (χ3n) is 5.08. The van der Waals surface area contributed by atoms with Crippen LogP contribution < -0.4 is 5.32 Å². The molecule has 2 heteroatoms. The number of hydrogen-bond acceptors (Lipinski definition) is 2. The summed E-state index contributed by atoms with van der Waals surface area (Å²) in [6.07, 6.45) is 18.4. The van der Waals surface area contributed by atoms with Gasteiger partial charge in [-0.1, -0.05) is 51.2 Å². The summed E-state index contributed by atoms with van der Waals surface area (Å²) in [7, 11) is 0. The van der Waals surface area contributed by atoms with Crippen LogP contribution in [0, 0.1) is 5.41 Å². The van der Waals surface area contributed by atoms with E-state index in [0.29, 0.717) is 0 Å². The molecule has 0 aromatic rings. The van der Waals surface area contributed by atoms with Gasteiger partial charge in [-0.05, 0) is 51.2 Å². The molecule has 0 saturated heterocycles.